The van der Waals surface area contributed by atoms with Crippen LogP contribution in [0.5, 0.6) is 0 Å². The first kappa shape index (κ1) is 13.3. The lowest BCUT2D eigenvalue weighted by molar-refractivity contribution is 0.431. The third-order valence-corrected chi connectivity index (χ3v) is 3.14. The normalized spacial score (nSPS) is 11.1. The lowest BCUT2D eigenvalue weighted by atomic mass is 10.3. The van der Waals surface area contributed by atoms with Gasteiger partial charge in [-0.15, -0.1) is 0 Å². The summed E-state index contributed by atoms with van der Waals surface area (Å²) in [7, 11) is 0. The van der Waals surface area contributed by atoms with Crippen LogP contribution in [0.4, 0.5) is 0 Å². The molecule has 0 radical (unpaired) electrons. The second kappa shape index (κ2) is 6.11. The van der Waals surface area contributed by atoms with Gasteiger partial charge >= 0.3 is 0 Å². The SMILES string of the molecule is C=C(CNC(C)C)CSc1nc(C)c(C)o1. The van der Waals surface area contributed by atoms with Gasteiger partial charge in [-0.2, -0.15) is 0 Å². The van der Waals surface area contributed by atoms with Crippen molar-refractivity contribution in [3.8, 4) is 0 Å². The van der Waals surface area contributed by atoms with Crippen molar-refractivity contribution < 1.29 is 4.42 Å². The molecule has 0 bridgehead atoms. The fourth-order valence-corrected chi connectivity index (χ4v) is 1.88. The van der Waals surface area contributed by atoms with E-state index in [0.29, 0.717) is 6.04 Å². The summed E-state index contributed by atoms with van der Waals surface area (Å²) in [5.41, 5.74) is 2.13. The Balaban J connectivity index is 2.31. The Morgan fingerprint density at radius 2 is 2.19 bits per heavy atom. The first-order chi connectivity index (χ1) is 7.49. The van der Waals surface area contributed by atoms with Crippen molar-refractivity contribution in [1.29, 1.82) is 0 Å². The predicted molar refractivity (Wildman–Crippen MR) is 69.0 cm³/mol. The average molecular weight is 240 g/mol. The van der Waals surface area contributed by atoms with Gasteiger partial charge in [-0.25, -0.2) is 4.98 Å². The first-order valence-electron chi connectivity index (χ1n) is 5.46. The van der Waals surface area contributed by atoms with Crippen molar-refractivity contribution in [2.24, 2.45) is 0 Å². The number of hydrogen-bond donors (Lipinski definition) is 1. The lowest BCUT2D eigenvalue weighted by Crippen LogP contribution is -2.25. The molecule has 0 fully saturated rings. The van der Waals surface area contributed by atoms with E-state index in [1.165, 1.54) is 0 Å². The number of rotatable bonds is 6. The molecule has 0 aromatic carbocycles. The Kier molecular flexibility index (Phi) is 5.09. The largest absolute Gasteiger partial charge is 0.437 e. The number of thioether (sulfide) groups is 1. The highest BCUT2D eigenvalue weighted by atomic mass is 32.2. The van der Waals surface area contributed by atoms with Crippen molar-refractivity contribution in [3.05, 3.63) is 23.6 Å². The smallest absolute Gasteiger partial charge is 0.256 e. The number of aromatic nitrogens is 1. The van der Waals surface area contributed by atoms with Crippen LogP contribution in [-0.2, 0) is 0 Å². The summed E-state index contributed by atoms with van der Waals surface area (Å²) in [6.45, 7) is 13.0. The van der Waals surface area contributed by atoms with E-state index in [2.05, 4.69) is 30.7 Å². The number of nitrogens with one attached hydrogen (secondary N) is 1. The molecule has 0 saturated carbocycles. The molecule has 3 nitrogen and oxygen atoms in total. The van der Waals surface area contributed by atoms with E-state index in [1.807, 2.05) is 13.8 Å². The van der Waals surface area contributed by atoms with Gasteiger partial charge in [0.15, 0.2) is 0 Å². The van der Waals surface area contributed by atoms with Crippen molar-refractivity contribution in [2.75, 3.05) is 12.3 Å². The number of hydrogen-bond acceptors (Lipinski definition) is 4. The molecule has 4 heteroatoms. The third-order valence-electron chi connectivity index (χ3n) is 2.17. The fraction of sp³-hybridized carbons (Fsp3) is 0.583. The van der Waals surface area contributed by atoms with Gasteiger partial charge in [0.1, 0.15) is 5.76 Å². The quantitative estimate of drug-likeness (QED) is 0.613. The van der Waals surface area contributed by atoms with Gasteiger partial charge in [0.05, 0.1) is 5.69 Å². The minimum absolute atomic E-state index is 0.493. The molecule has 1 aromatic rings. The van der Waals surface area contributed by atoms with Crippen LogP contribution in [0.2, 0.25) is 0 Å². The van der Waals surface area contributed by atoms with Crippen LogP contribution < -0.4 is 5.32 Å². The first-order valence-corrected chi connectivity index (χ1v) is 6.44. The van der Waals surface area contributed by atoms with E-state index in [1.54, 1.807) is 11.8 Å². The molecule has 1 heterocycles. The van der Waals surface area contributed by atoms with Gasteiger partial charge < -0.3 is 9.73 Å². The van der Waals surface area contributed by atoms with Crippen LogP contribution in [0, 0.1) is 13.8 Å². The summed E-state index contributed by atoms with van der Waals surface area (Å²) in [6.07, 6.45) is 0. The van der Waals surface area contributed by atoms with E-state index in [0.717, 1.165) is 34.5 Å². The Labute approximate surface area is 102 Å². The molecule has 90 valence electrons. The molecule has 0 amide bonds. The van der Waals surface area contributed by atoms with Gasteiger partial charge in [0.25, 0.3) is 5.22 Å². The van der Waals surface area contributed by atoms with Gasteiger partial charge in [0.2, 0.25) is 0 Å². The Bertz CT molecular complexity index is 338. The second-order valence-electron chi connectivity index (χ2n) is 4.20. The monoisotopic (exact) mass is 240 g/mol. The van der Waals surface area contributed by atoms with Crippen LogP contribution in [0.15, 0.2) is 21.8 Å². The van der Waals surface area contributed by atoms with Gasteiger partial charge in [-0.1, -0.05) is 37.8 Å². The molecular formula is C12H20N2OS. The summed E-state index contributed by atoms with van der Waals surface area (Å²) in [4.78, 5) is 4.31. The zero-order valence-corrected chi connectivity index (χ0v) is 11.3. The summed E-state index contributed by atoms with van der Waals surface area (Å²) in [6, 6.07) is 0.493. The van der Waals surface area contributed by atoms with E-state index >= 15 is 0 Å². The van der Waals surface area contributed by atoms with Crippen LogP contribution in [0.1, 0.15) is 25.3 Å². The fourth-order valence-electron chi connectivity index (χ4n) is 1.07. The number of aryl methyl sites for hydroxylation is 2. The Hall–Kier alpha value is -0.740. The van der Waals surface area contributed by atoms with Crippen LogP contribution >= 0.6 is 11.8 Å². The highest BCUT2D eigenvalue weighted by Gasteiger charge is 2.06. The molecule has 1 rings (SSSR count). The standard InChI is InChI=1S/C12H20N2OS/c1-8(2)13-6-9(3)7-16-12-14-10(4)11(5)15-12/h8,13H,3,6-7H2,1-2,4-5H3. The van der Waals surface area contributed by atoms with Gasteiger partial charge in [-0.05, 0) is 13.8 Å². The maximum Gasteiger partial charge on any atom is 0.256 e. The lowest BCUT2D eigenvalue weighted by Gasteiger charge is -2.09. The summed E-state index contributed by atoms with van der Waals surface area (Å²) in [5.74, 6) is 1.74. The maximum atomic E-state index is 5.48. The molecule has 0 aliphatic rings. The molecule has 1 N–H and O–H groups in total. The topological polar surface area (TPSA) is 38.1 Å². The Morgan fingerprint density at radius 3 is 2.69 bits per heavy atom. The summed E-state index contributed by atoms with van der Waals surface area (Å²) in [5, 5.41) is 4.07. The molecule has 1 aromatic heterocycles. The Morgan fingerprint density at radius 1 is 1.50 bits per heavy atom. The van der Waals surface area contributed by atoms with E-state index in [4.69, 9.17) is 4.42 Å². The van der Waals surface area contributed by atoms with Crippen LogP contribution in [0.25, 0.3) is 0 Å². The van der Waals surface area contributed by atoms with E-state index < -0.39 is 0 Å². The number of oxazole rings is 1. The summed E-state index contributed by atoms with van der Waals surface area (Å²) >= 11 is 1.60. The summed E-state index contributed by atoms with van der Waals surface area (Å²) < 4.78 is 5.48. The highest BCUT2D eigenvalue weighted by molar-refractivity contribution is 7.99. The molecule has 0 aliphatic carbocycles. The highest BCUT2D eigenvalue weighted by Crippen LogP contribution is 2.21. The zero-order chi connectivity index (χ0) is 12.1. The molecule has 0 saturated heterocycles. The van der Waals surface area contributed by atoms with Crippen molar-refractivity contribution in [2.45, 2.75) is 39.0 Å². The van der Waals surface area contributed by atoms with E-state index in [9.17, 15) is 0 Å². The predicted octanol–water partition coefficient (Wildman–Crippen LogP) is 2.94. The third kappa shape index (κ3) is 4.41. The van der Waals surface area contributed by atoms with Crippen molar-refractivity contribution in [3.63, 3.8) is 0 Å². The van der Waals surface area contributed by atoms with Crippen molar-refractivity contribution in [1.82, 2.24) is 10.3 Å². The van der Waals surface area contributed by atoms with Crippen molar-refractivity contribution >= 4 is 11.8 Å². The molecule has 16 heavy (non-hydrogen) atoms. The second-order valence-corrected chi connectivity index (χ2v) is 5.12. The van der Waals surface area contributed by atoms with Crippen LogP contribution in [0.3, 0.4) is 0 Å². The molecule has 0 unspecified atom stereocenters. The molecule has 0 spiro atoms. The number of nitrogens with zero attached hydrogens (tertiary/aromatic N) is 1. The minimum atomic E-state index is 0.493. The van der Waals surface area contributed by atoms with Crippen LogP contribution in [-0.4, -0.2) is 23.3 Å². The molecule has 0 aliphatic heterocycles. The molecular weight excluding hydrogens is 220 g/mol. The maximum absolute atomic E-state index is 5.48. The minimum Gasteiger partial charge on any atom is -0.437 e. The zero-order valence-electron chi connectivity index (χ0n) is 10.5. The van der Waals surface area contributed by atoms with Gasteiger partial charge in [-0.3, -0.25) is 0 Å². The van der Waals surface area contributed by atoms with E-state index in [-0.39, 0.29) is 0 Å². The average Bonchev–Trinajstić information content (AvgIpc) is 2.52. The van der Waals surface area contributed by atoms with Gasteiger partial charge in [0, 0.05) is 18.3 Å². The molecule has 0 atom stereocenters.